The predicted octanol–water partition coefficient (Wildman–Crippen LogP) is 6.44. The average molecular weight is 411 g/mol. The van der Waals surface area contributed by atoms with E-state index < -0.39 is 0 Å². The summed E-state index contributed by atoms with van der Waals surface area (Å²) in [6.07, 6.45) is 2.25. The van der Waals surface area contributed by atoms with E-state index in [1.165, 1.54) is 5.56 Å². The molecule has 0 aliphatic carbocycles. The fourth-order valence-corrected chi connectivity index (χ4v) is 2.77. The van der Waals surface area contributed by atoms with E-state index in [0.717, 1.165) is 42.3 Å². The second kappa shape index (κ2) is 14.8. The minimum Gasteiger partial charge on any atom is -0.508 e. The second-order valence-corrected chi connectivity index (χ2v) is 6.19. The van der Waals surface area contributed by atoms with Crippen LogP contribution in [0.15, 0.2) is 72.8 Å². The van der Waals surface area contributed by atoms with E-state index in [2.05, 4.69) is 6.07 Å². The highest BCUT2D eigenvalue weighted by Crippen LogP contribution is 2.34. The molecule has 0 fully saturated rings. The highest BCUT2D eigenvalue weighted by atomic mass is 16.5. The summed E-state index contributed by atoms with van der Waals surface area (Å²) in [7, 11) is 3.35. The van der Waals surface area contributed by atoms with Crippen molar-refractivity contribution >= 4 is 0 Å². The Morgan fingerprint density at radius 2 is 1.40 bits per heavy atom. The molecule has 1 heterocycles. The van der Waals surface area contributed by atoms with E-state index in [-0.39, 0.29) is 0 Å². The summed E-state index contributed by atoms with van der Waals surface area (Å²) in [5.41, 5.74) is 2.43. The molecule has 0 spiro atoms. The van der Waals surface area contributed by atoms with Crippen molar-refractivity contribution in [3.05, 3.63) is 83.9 Å². The van der Waals surface area contributed by atoms with Crippen molar-refractivity contribution < 1.29 is 19.3 Å². The first-order valence-corrected chi connectivity index (χ1v) is 10.3. The number of rotatable bonds is 2. The Labute approximate surface area is 181 Å². The van der Waals surface area contributed by atoms with Crippen molar-refractivity contribution in [3.63, 3.8) is 0 Å². The van der Waals surface area contributed by atoms with E-state index in [1.54, 1.807) is 38.5 Å². The van der Waals surface area contributed by atoms with Crippen LogP contribution in [-0.2, 0) is 6.42 Å². The number of ether oxygens (including phenoxy) is 3. The molecule has 3 aromatic rings. The number of aromatic hydroxyl groups is 1. The van der Waals surface area contributed by atoms with Gasteiger partial charge in [-0.2, -0.15) is 0 Å². The Bertz CT molecular complexity index is 817. The van der Waals surface area contributed by atoms with Gasteiger partial charge in [-0.15, -0.1) is 0 Å². The molecular formula is C26H34O4. The van der Waals surface area contributed by atoms with Crippen molar-refractivity contribution in [2.45, 2.75) is 33.6 Å². The van der Waals surface area contributed by atoms with Crippen LogP contribution >= 0.6 is 0 Å². The van der Waals surface area contributed by atoms with Gasteiger partial charge in [-0.1, -0.05) is 56.3 Å². The van der Waals surface area contributed by atoms with Crippen LogP contribution in [0, 0.1) is 6.92 Å². The molecule has 0 saturated heterocycles. The summed E-state index contributed by atoms with van der Waals surface area (Å²) in [4.78, 5) is 0. The minimum absolute atomic E-state index is 0.322. The first-order valence-electron chi connectivity index (χ1n) is 10.3. The van der Waals surface area contributed by atoms with Crippen molar-refractivity contribution in [2.24, 2.45) is 0 Å². The summed E-state index contributed by atoms with van der Waals surface area (Å²) in [5, 5.41) is 8.63. The molecule has 3 aromatic carbocycles. The van der Waals surface area contributed by atoms with Gasteiger partial charge in [0.05, 0.1) is 20.8 Å². The molecule has 162 valence electrons. The summed E-state index contributed by atoms with van der Waals surface area (Å²) in [5.74, 6) is 3.18. The molecule has 0 radical (unpaired) electrons. The third-order valence-electron chi connectivity index (χ3n) is 4.23. The highest BCUT2D eigenvalue weighted by Gasteiger charge is 2.15. The molecule has 0 unspecified atom stereocenters. The molecule has 0 amide bonds. The van der Waals surface area contributed by atoms with Crippen LogP contribution in [-0.4, -0.2) is 25.9 Å². The predicted molar refractivity (Wildman–Crippen MR) is 124 cm³/mol. The number of hydrogen-bond acceptors (Lipinski definition) is 4. The first kappa shape index (κ1) is 24.9. The third-order valence-corrected chi connectivity index (χ3v) is 4.23. The van der Waals surface area contributed by atoms with E-state index in [9.17, 15) is 0 Å². The molecule has 0 atom stereocenters. The van der Waals surface area contributed by atoms with Crippen LogP contribution in [0.2, 0.25) is 0 Å². The highest BCUT2D eigenvalue weighted by molar-refractivity contribution is 5.50. The number of para-hydroxylation sites is 2. The summed E-state index contributed by atoms with van der Waals surface area (Å²) < 4.78 is 15.8. The fourth-order valence-electron chi connectivity index (χ4n) is 2.77. The number of benzene rings is 3. The lowest BCUT2D eigenvalue weighted by atomic mass is 10.0. The molecular weight excluding hydrogens is 376 g/mol. The normalized spacial score (nSPS) is 10.8. The molecule has 1 aliphatic rings. The van der Waals surface area contributed by atoms with E-state index in [4.69, 9.17) is 19.3 Å². The van der Waals surface area contributed by atoms with Crippen LogP contribution in [0.5, 0.6) is 23.0 Å². The quantitative estimate of drug-likeness (QED) is 0.528. The maximum Gasteiger partial charge on any atom is 0.129 e. The number of hydrogen-bond donors (Lipinski definition) is 1. The second-order valence-electron chi connectivity index (χ2n) is 6.19. The van der Waals surface area contributed by atoms with Crippen LogP contribution in [0.1, 0.15) is 31.4 Å². The molecule has 1 N–H and O–H groups in total. The van der Waals surface area contributed by atoms with Crippen LogP contribution < -0.4 is 14.2 Å². The molecule has 4 nitrogen and oxygen atoms in total. The van der Waals surface area contributed by atoms with Crippen molar-refractivity contribution in [1.29, 1.82) is 0 Å². The van der Waals surface area contributed by atoms with E-state index in [0.29, 0.717) is 5.75 Å². The van der Waals surface area contributed by atoms with Gasteiger partial charge in [0.2, 0.25) is 0 Å². The Morgan fingerprint density at radius 3 is 1.87 bits per heavy atom. The lowest BCUT2D eigenvalue weighted by Gasteiger charge is -2.20. The molecule has 0 aromatic heterocycles. The van der Waals surface area contributed by atoms with Gasteiger partial charge in [0, 0.05) is 5.56 Å². The zero-order valence-corrected chi connectivity index (χ0v) is 18.7. The van der Waals surface area contributed by atoms with E-state index >= 15 is 0 Å². The zero-order chi connectivity index (χ0) is 22.2. The number of methoxy groups -OCH3 is 2. The average Bonchev–Trinajstić information content (AvgIpc) is 2.83. The smallest absolute Gasteiger partial charge is 0.129 e. The van der Waals surface area contributed by atoms with Gasteiger partial charge in [-0.05, 0) is 55.7 Å². The molecule has 4 heteroatoms. The van der Waals surface area contributed by atoms with Crippen molar-refractivity contribution in [3.8, 4) is 23.0 Å². The largest absolute Gasteiger partial charge is 0.508 e. The standard InChI is InChI=1S/C11H14O2.C7H8O.C6H6O.C2H6/c1-8-10(12-2)6-5-9-4-3-7-13-11(8)9;1-8-7-5-3-2-4-6-7;7-6-4-2-1-3-5-6;1-2/h5-6H,3-4,7H2,1-2H3;2-6H,1H3;1-5,7H;1-2H3. The van der Waals surface area contributed by atoms with Gasteiger partial charge in [0.1, 0.15) is 23.0 Å². The molecule has 1 aliphatic heterocycles. The van der Waals surface area contributed by atoms with Gasteiger partial charge in [-0.25, -0.2) is 0 Å². The molecule has 30 heavy (non-hydrogen) atoms. The Hall–Kier alpha value is -3.14. The Balaban J connectivity index is 0.000000229. The first-order chi connectivity index (χ1) is 14.7. The van der Waals surface area contributed by atoms with Gasteiger partial charge in [0.15, 0.2) is 0 Å². The summed E-state index contributed by atoms with van der Waals surface area (Å²) in [6, 6.07) is 22.5. The topological polar surface area (TPSA) is 47.9 Å². The maximum absolute atomic E-state index is 8.63. The van der Waals surface area contributed by atoms with Crippen molar-refractivity contribution in [1.82, 2.24) is 0 Å². The number of aryl methyl sites for hydroxylation is 1. The maximum atomic E-state index is 8.63. The minimum atomic E-state index is 0.322. The van der Waals surface area contributed by atoms with Gasteiger partial charge >= 0.3 is 0 Å². The van der Waals surface area contributed by atoms with Gasteiger partial charge < -0.3 is 19.3 Å². The number of phenols is 1. The van der Waals surface area contributed by atoms with Gasteiger partial charge in [-0.3, -0.25) is 0 Å². The fraction of sp³-hybridized carbons (Fsp3) is 0.308. The Morgan fingerprint density at radius 1 is 0.800 bits per heavy atom. The molecule has 0 saturated carbocycles. The number of phenolic OH excluding ortho intramolecular Hbond substituents is 1. The molecule has 4 rings (SSSR count). The zero-order valence-electron chi connectivity index (χ0n) is 18.7. The van der Waals surface area contributed by atoms with Crippen LogP contribution in [0.3, 0.4) is 0 Å². The number of fused-ring (bicyclic) bond motifs is 1. The monoisotopic (exact) mass is 410 g/mol. The molecule has 0 bridgehead atoms. The van der Waals surface area contributed by atoms with Crippen LogP contribution in [0.25, 0.3) is 0 Å². The van der Waals surface area contributed by atoms with Gasteiger partial charge in [0.25, 0.3) is 0 Å². The van der Waals surface area contributed by atoms with Crippen LogP contribution in [0.4, 0.5) is 0 Å². The summed E-state index contributed by atoms with van der Waals surface area (Å²) in [6.45, 7) is 6.88. The lowest BCUT2D eigenvalue weighted by Crippen LogP contribution is -2.09. The third kappa shape index (κ3) is 8.48. The summed E-state index contributed by atoms with van der Waals surface area (Å²) >= 11 is 0. The Kier molecular flexibility index (Phi) is 12.3. The van der Waals surface area contributed by atoms with E-state index in [1.807, 2.05) is 63.2 Å². The SMILES string of the molecule is CC.COc1ccc2c(c1C)OCCC2.COc1ccccc1.Oc1ccccc1. The van der Waals surface area contributed by atoms with Crippen molar-refractivity contribution in [2.75, 3.05) is 20.8 Å². The lowest BCUT2D eigenvalue weighted by molar-refractivity contribution is 0.283.